The van der Waals surface area contributed by atoms with Gasteiger partial charge in [0.1, 0.15) is 18.1 Å². The molecule has 2 fully saturated rings. The summed E-state index contributed by atoms with van der Waals surface area (Å²) in [6.45, 7) is 5.49. The van der Waals surface area contributed by atoms with Crippen LogP contribution in [0.1, 0.15) is 30.8 Å². The first-order valence-corrected chi connectivity index (χ1v) is 7.93. The van der Waals surface area contributed by atoms with Crippen LogP contribution in [-0.2, 0) is 22.6 Å². The lowest BCUT2D eigenvalue weighted by molar-refractivity contribution is -0.0126. The first-order valence-electron chi connectivity index (χ1n) is 7.93. The van der Waals surface area contributed by atoms with Crippen molar-refractivity contribution in [2.75, 3.05) is 32.9 Å². The second-order valence-electron chi connectivity index (χ2n) is 6.06. The minimum atomic E-state index is -0.0270. The highest BCUT2D eigenvalue weighted by Crippen LogP contribution is 2.20. The van der Waals surface area contributed by atoms with Gasteiger partial charge in [-0.15, -0.1) is 0 Å². The van der Waals surface area contributed by atoms with Gasteiger partial charge in [0.2, 0.25) is 0 Å². The molecule has 0 unspecified atom stereocenters. The standard InChI is InChI=1S/C16H25NO4/c18-10-16-2-1-15(21-16)9-17-6-3-14(4-7-17)20-12-13-5-8-19-11-13/h1-2,13-14,18H,3-12H2/t13-/m1/s1. The maximum absolute atomic E-state index is 9.01. The molecule has 0 radical (unpaired) electrons. The summed E-state index contributed by atoms with van der Waals surface area (Å²) < 4.78 is 16.9. The molecule has 0 bridgehead atoms. The van der Waals surface area contributed by atoms with Gasteiger partial charge in [-0.1, -0.05) is 0 Å². The van der Waals surface area contributed by atoms with Crippen molar-refractivity contribution in [1.29, 1.82) is 0 Å². The fourth-order valence-electron chi connectivity index (χ4n) is 3.03. The van der Waals surface area contributed by atoms with Crippen molar-refractivity contribution in [3.05, 3.63) is 23.7 Å². The molecule has 0 saturated carbocycles. The van der Waals surface area contributed by atoms with Crippen molar-refractivity contribution in [1.82, 2.24) is 4.90 Å². The average molecular weight is 295 g/mol. The van der Waals surface area contributed by atoms with Crippen molar-refractivity contribution in [3.8, 4) is 0 Å². The molecule has 2 aliphatic rings. The number of likely N-dealkylation sites (tertiary alicyclic amines) is 1. The summed E-state index contributed by atoms with van der Waals surface area (Å²) in [5.41, 5.74) is 0. The Labute approximate surface area is 125 Å². The summed E-state index contributed by atoms with van der Waals surface area (Å²) >= 11 is 0. The second-order valence-corrected chi connectivity index (χ2v) is 6.06. The molecule has 3 rings (SSSR count). The highest BCUT2D eigenvalue weighted by molar-refractivity contribution is 5.06. The molecule has 21 heavy (non-hydrogen) atoms. The number of aliphatic hydroxyl groups is 1. The zero-order chi connectivity index (χ0) is 14.5. The van der Waals surface area contributed by atoms with Gasteiger partial charge >= 0.3 is 0 Å². The molecule has 0 spiro atoms. The molecular formula is C16H25NO4. The fourth-order valence-corrected chi connectivity index (χ4v) is 3.03. The fraction of sp³-hybridized carbons (Fsp3) is 0.750. The van der Waals surface area contributed by atoms with Crippen LogP contribution in [0.2, 0.25) is 0 Å². The Hall–Kier alpha value is -0.880. The topological polar surface area (TPSA) is 55.1 Å². The van der Waals surface area contributed by atoms with Gasteiger partial charge in [0.05, 0.1) is 25.9 Å². The van der Waals surface area contributed by atoms with Crippen molar-refractivity contribution in [2.45, 2.75) is 38.5 Å². The molecule has 0 aromatic carbocycles. The summed E-state index contributed by atoms with van der Waals surface area (Å²) in [6, 6.07) is 3.79. The molecule has 5 heteroatoms. The molecule has 1 N–H and O–H groups in total. The van der Waals surface area contributed by atoms with Gasteiger partial charge in [0.15, 0.2) is 0 Å². The molecule has 0 aliphatic carbocycles. The van der Waals surface area contributed by atoms with Crippen LogP contribution in [-0.4, -0.2) is 49.0 Å². The maximum atomic E-state index is 9.01. The quantitative estimate of drug-likeness (QED) is 0.867. The SMILES string of the molecule is OCc1ccc(CN2CCC(OC[C@@H]3CCOC3)CC2)o1. The van der Waals surface area contributed by atoms with E-state index < -0.39 is 0 Å². The molecule has 1 aromatic rings. The van der Waals surface area contributed by atoms with E-state index in [4.69, 9.17) is 19.0 Å². The van der Waals surface area contributed by atoms with E-state index in [-0.39, 0.29) is 6.61 Å². The van der Waals surface area contributed by atoms with E-state index in [0.29, 0.717) is 17.8 Å². The number of aliphatic hydroxyl groups excluding tert-OH is 1. The van der Waals surface area contributed by atoms with Crippen molar-refractivity contribution >= 4 is 0 Å². The molecule has 1 aromatic heterocycles. The van der Waals surface area contributed by atoms with E-state index >= 15 is 0 Å². The van der Waals surface area contributed by atoms with Gasteiger partial charge in [-0.2, -0.15) is 0 Å². The number of ether oxygens (including phenoxy) is 2. The summed E-state index contributed by atoms with van der Waals surface area (Å²) in [7, 11) is 0. The number of furan rings is 1. The average Bonchev–Trinajstić information content (AvgIpc) is 3.18. The first-order chi connectivity index (χ1) is 10.3. The molecular weight excluding hydrogens is 270 g/mol. The monoisotopic (exact) mass is 295 g/mol. The lowest BCUT2D eigenvalue weighted by Crippen LogP contribution is -2.37. The van der Waals surface area contributed by atoms with Crippen LogP contribution < -0.4 is 0 Å². The van der Waals surface area contributed by atoms with Gasteiger partial charge in [-0.3, -0.25) is 4.90 Å². The Morgan fingerprint density at radius 3 is 2.67 bits per heavy atom. The molecule has 5 nitrogen and oxygen atoms in total. The molecule has 118 valence electrons. The van der Waals surface area contributed by atoms with E-state index in [0.717, 1.165) is 64.5 Å². The van der Waals surface area contributed by atoms with Gasteiger partial charge in [-0.25, -0.2) is 0 Å². The zero-order valence-corrected chi connectivity index (χ0v) is 12.5. The minimum absolute atomic E-state index is 0.0270. The number of rotatable bonds is 6. The Kier molecular flexibility index (Phi) is 5.30. The van der Waals surface area contributed by atoms with Crippen LogP contribution in [0.4, 0.5) is 0 Å². The molecule has 2 aliphatic heterocycles. The van der Waals surface area contributed by atoms with Crippen LogP contribution in [0.3, 0.4) is 0 Å². The molecule has 2 saturated heterocycles. The van der Waals surface area contributed by atoms with Crippen molar-refractivity contribution < 1.29 is 19.0 Å². The lowest BCUT2D eigenvalue weighted by Gasteiger charge is -2.31. The van der Waals surface area contributed by atoms with E-state index in [9.17, 15) is 0 Å². The normalized spacial score (nSPS) is 24.7. The third-order valence-electron chi connectivity index (χ3n) is 4.38. The maximum Gasteiger partial charge on any atom is 0.129 e. The number of hydrogen-bond donors (Lipinski definition) is 1. The Morgan fingerprint density at radius 2 is 2.00 bits per heavy atom. The van der Waals surface area contributed by atoms with Gasteiger partial charge in [0, 0.05) is 25.6 Å². The third kappa shape index (κ3) is 4.30. The summed E-state index contributed by atoms with van der Waals surface area (Å²) in [5.74, 6) is 2.17. The molecule has 1 atom stereocenters. The van der Waals surface area contributed by atoms with Crippen molar-refractivity contribution in [3.63, 3.8) is 0 Å². The Bertz CT molecular complexity index is 420. The van der Waals surface area contributed by atoms with E-state index in [1.54, 1.807) is 0 Å². The van der Waals surface area contributed by atoms with Gasteiger partial charge < -0.3 is 19.0 Å². The van der Waals surface area contributed by atoms with Crippen LogP contribution in [0.25, 0.3) is 0 Å². The van der Waals surface area contributed by atoms with Crippen LogP contribution in [0.5, 0.6) is 0 Å². The van der Waals surface area contributed by atoms with Crippen molar-refractivity contribution in [2.24, 2.45) is 5.92 Å². The van der Waals surface area contributed by atoms with Crippen LogP contribution in [0, 0.1) is 5.92 Å². The molecule has 3 heterocycles. The Morgan fingerprint density at radius 1 is 1.19 bits per heavy atom. The minimum Gasteiger partial charge on any atom is -0.462 e. The highest BCUT2D eigenvalue weighted by atomic mass is 16.5. The number of piperidine rings is 1. The van der Waals surface area contributed by atoms with Crippen LogP contribution in [0.15, 0.2) is 16.5 Å². The smallest absolute Gasteiger partial charge is 0.129 e. The summed E-state index contributed by atoms with van der Waals surface area (Å²) in [6.07, 6.45) is 3.71. The van der Waals surface area contributed by atoms with E-state index in [1.165, 1.54) is 0 Å². The Balaban J connectivity index is 1.36. The largest absolute Gasteiger partial charge is 0.462 e. The summed E-state index contributed by atoms with van der Waals surface area (Å²) in [4.78, 5) is 2.39. The van der Waals surface area contributed by atoms with Gasteiger partial charge in [-0.05, 0) is 31.4 Å². The van der Waals surface area contributed by atoms with E-state index in [1.807, 2.05) is 12.1 Å². The third-order valence-corrected chi connectivity index (χ3v) is 4.38. The lowest BCUT2D eigenvalue weighted by atomic mass is 10.1. The van der Waals surface area contributed by atoms with Gasteiger partial charge in [0.25, 0.3) is 0 Å². The zero-order valence-electron chi connectivity index (χ0n) is 12.5. The van der Waals surface area contributed by atoms with E-state index in [2.05, 4.69) is 4.90 Å². The predicted molar refractivity (Wildman–Crippen MR) is 77.8 cm³/mol. The van der Waals surface area contributed by atoms with Crippen LogP contribution >= 0.6 is 0 Å². The predicted octanol–water partition coefficient (Wildman–Crippen LogP) is 1.79. The summed E-state index contributed by atoms with van der Waals surface area (Å²) in [5, 5.41) is 9.01. The first kappa shape index (κ1) is 15.0. The number of hydrogen-bond acceptors (Lipinski definition) is 5. The molecule has 0 amide bonds. The number of nitrogens with zero attached hydrogens (tertiary/aromatic N) is 1. The highest BCUT2D eigenvalue weighted by Gasteiger charge is 2.23. The second kappa shape index (κ2) is 7.40.